The van der Waals surface area contributed by atoms with Crippen molar-refractivity contribution in [3.05, 3.63) is 35.4 Å². The monoisotopic (exact) mass is 199 g/mol. The molecule has 0 aromatic heterocycles. The van der Waals surface area contributed by atoms with Gasteiger partial charge in [-0.25, -0.2) is 8.78 Å². The minimum absolute atomic E-state index is 0.431. The van der Waals surface area contributed by atoms with E-state index in [2.05, 4.69) is 0 Å². The summed E-state index contributed by atoms with van der Waals surface area (Å²) in [5.74, 6) is -1.61. The van der Waals surface area contributed by atoms with Gasteiger partial charge in [-0.05, 0) is 18.2 Å². The largest absolute Gasteiger partial charge is 0.384 e. The summed E-state index contributed by atoms with van der Waals surface area (Å²) in [7, 11) is 0. The summed E-state index contributed by atoms with van der Waals surface area (Å²) in [5.41, 5.74) is -0.431. The Morgan fingerprint density at radius 1 is 1.29 bits per heavy atom. The molecular weight excluding hydrogens is 192 g/mol. The average Bonchev–Trinajstić information content (AvgIpc) is 2.19. The Morgan fingerprint density at radius 2 is 1.93 bits per heavy atom. The summed E-state index contributed by atoms with van der Waals surface area (Å²) in [5, 5.41) is 26.4. The van der Waals surface area contributed by atoms with Gasteiger partial charge in [0.2, 0.25) is 0 Å². The molecule has 0 radical (unpaired) electrons. The molecule has 14 heavy (non-hydrogen) atoms. The smallest absolute Gasteiger partial charge is 0.170 e. The molecule has 0 spiro atoms. The van der Waals surface area contributed by atoms with E-state index in [4.69, 9.17) is 10.4 Å². The molecule has 74 valence electrons. The van der Waals surface area contributed by atoms with Gasteiger partial charge in [0.15, 0.2) is 6.10 Å². The predicted molar refractivity (Wildman–Crippen MR) is 42.9 cm³/mol. The lowest BCUT2D eigenvalue weighted by molar-refractivity contribution is 0.0501. The zero-order valence-electron chi connectivity index (χ0n) is 6.98. The maximum atomic E-state index is 13.0. The van der Waals surface area contributed by atoms with Crippen molar-refractivity contribution in [2.24, 2.45) is 0 Å². The van der Waals surface area contributed by atoms with Gasteiger partial charge in [-0.3, -0.25) is 0 Å². The number of nitriles is 1. The van der Waals surface area contributed by atoms with Crippen LogP contribution in [0.5, 0.6) is 0 Å². The number of rotatable bonds is 2. The lowest BCUT2D eigenvalue weighted by Crippen LogP contribution is -2.17. The highest BCUT2D eigenvalue weighted by Crippen LogP contribution is 2.20. The number of nitrogens with zero attached hydrogens (tertiary/aromatic N) is 1. The molecule has 0 saturated heterocycles. The molecule has 1 aromatic rings. The van der Waals surface area contributed by atoms with Gasteiger partial charge in [0, 0.05) is 5.56 Å². The van der Waals surface area contributed by atoms with E-state index in [0.717, 1.165) is 18.2 Å². The molecule has 1 rings (SSSR count). The third kappa shape index (κ3) is 2.05. The summed E-state index contributed by atoms with van der Waals surface area (Å²) in [6.45, 7) is 0. The second-order valence-corrected chi connectivity index (χ2v) is 2.68. The first-order valence-corrected chi connectivity index (χ1v) is 3.77. The molecule has 1 aromatic carbocycles. The van der Waals surface area contributed by atoms with Crippen LogP contribution < -0.4 is 0 Å². The van der Waals surface area contributed by atoms with Crippen LogP contribution in [0.4, 0.5) is 8.78 Å². The number of hydrogen-bond donors (Lipinski definition) is 2. The molecule has 0 saturated carbocycles. The third-order valence-corrected chi connectivity index (χ3v) is 1.71. The van der Waals surface area contributed by atoms with E-state index < -0.39 is 29.4 Å². The zero-order valence-corrected chi connectivity index (χ0v) is 6.98. The molecule has 2 unspecified atom stereocenters. The minimum atomic E-state index is -1.77. The van der Waals surface area contributed by atoms with Gasteiger partial charge in [-0.1, -0.05) is 0 Å². The second kappa shape index (κ2) is 4.13. The van der Waals surface area contributed by atoms with E-state index >= 15 is 0 Å². The molecule has 5 heteroatoms. The second-order valence-electron chi connectivity index (χ2n) is 2.68. The first-order valence-electron chi connectivity index (χ1n) is 3.77. The lowest BCUT2D eigenvalue weighted by Gasteiger charge is -2.12. The SMILES string of the molecule is N#CC(O)C(O)c1cc(F)ccc1F. The van der Waals surface area contributed by atoms with Gasteiger partial charge in [-0.2, -0.15) is 5.26 Å². The normalized spacial score (nSPS) is 14.5. The van der Waals surface area contributed by atoms with Gasteiger partial charge in [0.1, 0.15) is 17.7 Å². The van der Waals surface area contributed by atoms with Crippen LogP contribution in [0.15, 0.2) is 18.2 Å². The van der Waals surface area contributed by atoms with Crippen molar-refractivity contribution in [3.8, 4) is 6.07 Å². The van der Waals surface area contributed by atoms with Crippen molar-refractivity contribution in [1.29, 1.82) is 5.26 Å². The molecule has 0 amide bonds. The Morgan fingerprint density at radius 3 is 2.50 bits per heavy atom. The Hall–Kier alpha value is -1.51. The number of aliphatic hydroxyl groups excluding tert-OH is 2. The highest BCUT2D eigenvalue weighted by atomic mass is 19.1. The zero-order chi connectivity index (χ0) is 10.7. The molecule has 0 fully saturated rings. The van der Waals surface area contributed by atoms with Crippen molar-refractivity contribution >= 4 is 0 Å². The summed E-state index contributed by atoms with van der Waals surface area (Å²) in [4.78, 5) is 0. The molecule has 0 aliphatic carbocycles. The minimum Gasteiger partial charge on any atom is -0.384 e. The maximum absolute atomic E-state index is 13.0. The number of halogens is 2. The Bertz CT molecular complexity index is 376. The van der Waals surface area contributed by atoms with Gasteiger partial charge >= 0.3 is 0 Å². The molecule has 3 nitrogen and oxygen atoms in total. The summed E-state index contributed by atoms with van der Waals surface area (Å²) >= 11 is 0. The highest BCUT2D eigenvalue weighted by molar-refractivity contribution is 5.23. The van der Waals surface area contributed by atoms with E-state index in [0.29, 0.717) is 0 Å². The first-order chi connectivity index (χ1) is 6.56. The van der Waals surface area contributed by atoms with Crippen molar-refractivity contribution in [1.82, 2.24) is 0 Å². The molecule has 0 bridgehead atoms. The summed E-state index contributed by atoms with van der Waals surface area (Å²) < 4.78 is 25.6. The van der Waals surface area contributed by atoms with Crippen LogP contribution in [0.1, 0.15) is 11.7 Å². The van der Waals surface area contributed by atoms with E-state index in [-0.39, 0.29) is 0 Å². The number of aliphatic hydroxyl groups is 2. The number of hydrogen-bond acceptors (Lipinski definition) is 3. The maximum Gasteiger partial charge on any atom is 0.170 e. The van der Waals surface area contributed by atoms with Crippen LogP contribution in [0, 0.1) is 23.0 Å². The van der Waals surface area contributed by atoms with Crippen LogP contribution >= 0.6 is 0 Å². The fourth-order valence-electron chi connectivity index (χ4n) is 0.982. The molecular formula is C9H7F2NO2. The van der Waals surface area contributed by atoms with Crippen molar-refractivity contribution < 1.29 is 19.0 Å². The molecule has 2 N–H and O–H groups in total. The standard InChI is InChI=1S/C9H7F2NO2/c10-5-1-2-7(11)6(3-5)9(14)8(13)4-12/h1-3,8-9,13-14H. The van der Waals surface area contributed by atoms with Crippen LogP contribution in [-0.4, -0.2) is 16.3 Å². The molecule has 0 aliphatic rings. The van der Waals surface area contributed by atoms with Crippen molar-refractivity contribution in [2.75, 3.05) is 0 Å². The van der Waals surface area contributed by atoms with Gasteiger partial charge in [-0.15, -0.1) is 0 Å². The molecule has 0 aliphatic heterocycles. The Balaban J connectivity index is 3.07. The van der Waals surface area contributed by atoms with Gasteiger partial charge in [0.25, 0.3) is 0 Å². The van der Waals surface area contributed by atoms with E-state index in [1.165, 1.54) is 6.07 Å². The topological polar surface area (TPSA) is 64.2 Å². The fourth-order valence-corrected chi connectivity index (χ4v) is 0.982. The summed E-state index contributed by atoms with van der Waals surface area (Å²) in [6, 6.07) is 3.76. The lowest BCUT2D eigenvalue weighted by atomic mass is 10.0. The van der Waals surface area contributed by atoms with Crippen LogP contribution in [0.25, 0.3) is 0 Å². The quantitative estimate of drug-likeness (QED) is 0.695. The Labute approximate surface area is 78.8 Å². The van der Waals surface area contributed by atoms with Crippen LogP contribution in [0.3, 0.4) is 0 Å². The van der Waals surface area contributed by atoms with E-state index in [1.807, 2.05) is 0 Å². The van der Waals surface area contributed by atoms with Crippen LogP contribution in [-0.2, 0) is 0 Å². The van der Waals surface area contributed by atoms with E-state index in [1.54, 1.807) is 0 Å². The highest BCUT2D eigenvalue weighted by Gasteiger charge is 2.21. The van der Waals surface area contributed by atoms with Crippen molar-refractivity contribution in [2.45, 2.75) is 12.2 Å². The molecule has 0 heterocycles. The van der Waals surface area contributed by atoms with Crippen molar-refractivity contribution in [3.63, 3.8) is 0 Å². The number of benzene rings is 1. The fraction of sp³-hybridized carbons (Fsp3) is 0.222. The van der Waals surface area contributed by atoms with Crippen LogP contribution in [0.2, 0.25) is 0 Å². The van der Waals surface area contributed by atoms with E-state index in [9.17, 15) is 13.9 Å². The predicted octanol–water partition coefficient (Wildman–Crippen LogP) is 0.883. The molecule has 2 atom stereocenters. The Kier molecular flexibility index (Phi) is 3.12. The average molecular weight is 199 g/mol. The van der Waals surface area contributed by atoms with Gasteiger partial charge < -0.3 is 10.2 Å². The summed E-state index contributed by atoms with van der Waals surface area (Å²) in [6.07, 6.45) is -3.51. The van der Waals surface area contributed by atoms with Gasteiger partial charge in [0.05, 0.1) is 6.07 Å². The first kappa shape index (κ1) is 10.6. The third-order valence-electron chi connectivity index (χ3n) is 1.71.